The number of aryl methyl sites for hydroxylation is 1. The highest BCUT2D eigenvalue weighted by molar-refractivity contribution is 9.10. The second-order valence-corrected chi connectivity index (χ2v) is 5.95. The molecule has 3 nitrogen and oxygen atoms in total. The van der Waals surface area contributed by atoms with Gasteiger partial charge in [0.15, 0.2) is 5.82 Å². The molecular weight excluding hydrogens is 302 g/mol. The van der Waals surface area contributed by atoms with Crippen molar-refractivity contribution in [3.8, 4) is 11.4 Å². The SMILES string of the molecule is Cc1cc(Br)ccc1-c1ncc(CNC2CC2)cn1. The Morgan fingerprint density at radius 2 is 2.00 bits per heavy atom. The van der Waals surface area contributed by atoms with Gasteiger partial charge < -0.3 is 5.32 Å². The van der Waals surface area contributed by atoms with E-state index in [-0.39, 0.29) is 0 Å². The van der Waals surface area contributed by atoms with Gasteiger partial charge in [0.2, 0.25) is 0 Å². The van der Waals surface area contributed by atoms with Crippen molar-refractivity contribution in [2.75, 3.05) is 0 Å². The van der Waals surface area contributed by atoms with Gasteiger partial charge in [-0.3, -0.25) is 0 Å². The number of benzene rings is 1. The third kappa shape index (κ3) is 3.19. The van der Waals surface area contributed by atoms with E-state index in [0.717, 1.165) is 28.0 Å². The predicted octanol–water partition coefficient (Wildman–Crippen LogP) is 3.47. The van der Waals surface area contributed by atoms with Crippen LogP contribution < -0.4 is 5.32 Å². The zero-order valence-corrected chi connectivity index (χ0v) is 12.4. The number of halogens is 1. The van der Waals surface area contributed by atoms with E-state index < -0.39 is 0 Å². The summed E-state index contributed by atoms with van der Waals surface area (Å²) in [7, 11) is 0. The molecule has 1 fully saturated rings. The minimum atomic E-state index is 0.716. The van der Waals surface area contributed by atoms with Crippen molar-refractivity contribution in [3.05, 3.63) is 46.2 Å². The van der Waals surface area contributed by atoms with Crippen molar-refractivity contribution in [2.45, 2.75) is 32.4 Å². The molecule has 0 bridgehead atoms. The third-order valence-corrected chi connectivity index (χ3v) is 3.80. The first kappa shape index (κ1) is 12.8. The average molecular weight is 318 g/mol. The van der Waals surface area contributed by atoms with Gasteiger partial charge in [-0.1, -0.05) is 15.9 Å². The van der Waals surface area contributed by atoms with E-state index >= 15 is 0 Å². The van der Waals surface area contributed by atoms with Gasteiger partial charge in [0.25, 0.3) is 0 Å². The van der Waals surface area contributed by atoms with Crippen molar-refractivity contribution in [3.63, 3.8) is 0 Å². The summed E-state index contributed by atoms with van der Waals surface area (Å²) in [6, 6.07) is 6.88. The van der Waals surface area contributed by atoms with Crippen LogP contribution in [0.2, 0.25) is 0 Å². The lowest BCUT2D eigenvalue weighted by Crippen LogP contribution is -2.15. The summed E-state index contributed by atoms with van der Waals surface area (Å²) >= 11 is 3.47. The molecular formula is C15H16BrN3. The summed E-state index contributed by atoms with van der Waals surface area (Å²) in [5, 5.41) is 3.46. The molecule has 0 spiro atoms. The molecule has 0 saturated heterocycles. The summed E-state index contributed by atoms with van der Waals surface area (Å²) in [5.41, 5.74) is 3.41. The molecule has 1 saturated carbocycles. The summed E-state index contributed by atoms with van der Waals surface area (Å²) in [6.07, 6.45) is 6.44. The fourth-order valence-electron chi connectivity index (χ4n) is 2.01. The maximum atomic E-state index is 4.47. The Kier molecular flexibility index (Phi) is 3.62. The Balaban J connectivity index is 1.76. The molecule has 0 aliphatic heterocycles. The number of hydrogen-bond acceptors (Lipinski definition) is 3. The fourth-order valence-corrected chi connectivity index (χ4v) is 2.49. The molecule has 1 aromatic carbocycles. The largest absolute Gasteiger partial charge is 0.310 e. The van der Waals surface area contributed by atoms with E-state index in [4.69, 9.17) is 0 Å². The van der Waals surface area contributed by atoms with Gasteiger partial charge >= 0.3 is 0 Å². The molecule has 1 aliphatic rings. The lowest BCUT2D eigenvalue weighted by molar-refractivity contribution is 0.683. The molecule has 2 aromatic rings. The molecule has 0 atom stereocenters. The van der Waals surface area contributed by atoms with Crippen LogP contribution >= 0.6 is 15.9 Å². The lowest BCUT2D eigenvalue weighted by Gasteiger charge is -2.06. The third-order valence-electron chi connectivity index (χ3n) is 3.31. The molecule has 4 heteroatoms. The van der Waals surface area contributed by atoms with E-state index in [2.05, 4.69) is 50.3 Å². The average Bonchev–Trinajstić information content (AvgIpc) is 3.21. The molecule has 19 heavy (non-hydrogen) atoms. The number of nitrogens with one attached hydrogen (secondary N) is 1. The van der Waals surface area contributed by atoms with Gasteiger partial charge in [0.1, 0.15) is 0 Å². The molecule has 1 aliphatic carbocycles. The highest BCUT2D eigenvalue weighted by Crippen LogP contribution is 2.23. The van der Waals surface area contributed by atoms with Gasteiger partial charge in [-0.2, -0.15) is 0 Å². The van der Waals surface area contributed by atoms with Crippen molar-refractivity contribution in [2.24, 2.45) is 0 Å². The molecule has 3 rings (SSSR count). The van der Waals surface area contributed by atoms with Crippen molar-refractivity contribution in [1.29, 1.82) is 0 Å². The van der Waals surface area contributed by atoms with Crippen LogP contribution in [0, 0.1) is 6.92 Å². The van der Waals surface area contributed by atoms with Gasteiger partial charge in [-0.15, -0.1) is 0 Å². The Bertz CT molecular complexity index is 576. The number of nitrogens with zero attached hydrogens (tertiary/aromatic N) is 2. The minimum absolute atomic E-state index is 0.716. The Morgan fingerprint density at radius 3 is 2.63 bits per heavy atom. The van der Waals surface area contributed by atoms with Gasteiger partial charge in [0.05, 0.1) is 0 Å². The van der Waals surface area contributed by atoms with Gasteiger partial charge in [0, 0.05) is 40.6 Å². The van der Waals surface area contributed by atoms with E-state index in [1.165, 1.54) is 18.4 Å². The van der Waals surface area contributed by atoms with Crippen molar-refractivity contribution in [1.82, 2.24) is 15.3 Å². The van der Waals surface area contributed by atoms with Crippen LogP contribution in [0.3, 0.4) is 0 Å². The number of hydrogen-bond donors (Lipinski definition) is 1. The van der Waals surface area contributed by atoms with Crippen molar-refractivity contribution >= 4 is 15.9 Å². The zero-order valence-electron chi connectivity index (χ0n) is 10.9. The van der Waals surface area contributed by atoms with E-state index in [0.29, 0.717) is 6.04 Å². The summed E-state index contributed by atoms with van der Waals surface area (Å²) in [6.45, 7) is 2.94. The quantitative estimate of drug-likeness (QED) is 0.938. The van der Waals surface area contributed by atoms with E-state index in [1.807, 2.05) is 18.5 Å². The van der Waals surface area contributed by atoms with Crippen LogP contribution in [0.25, 0.3) is 11.4 Å². The van der Waals surface area contributed by atoms with E-state index in [1.54, 1.807) is 0 Å². The topological polar surface area (TPSA) is 37.8 Å². The molecule has 0 amide bonds. The molecule has 0 unspecified atom stereocenters. The molecule has 1 N–H and O–H groups in total. The second kappa shape index (κ2) is 5.39. The van der Waals surface area contributed by atoms with Crippen LogP contribution in [0.15, 0.2) is 35.1 Å². The lowest BCUT2D eigenvalue weighted by atomic mass is 10.1. The summed E-state index contributed by atoms with van der Waals surface area (Å²) < 4.78 is 1.08. The Morgan fingerprint density at radius 1 is 1.26 bits per heavy atom. The number of aromatic nitrogens is 2. The minimum Gasteiger partial charge on any atom is -0.310 e. The predicted molar refractivity (Wildman–Crippen MR) is 79.8 cm³/mol. The van der Waals surface area contributed by atoms with Crippen LogP contribution in [0.1, 0.15) is 24.0 Å². The first-order valence-electron chi connectivity index (χ1n) is 6.53. The first-order valence-corrected chi connectivity index (χ1v) is 7.32. The van der Waals surface area contributed by atoms with Crippen LogP contribution in [-0.4, -0.2) is 16.0 Å². The second-order valence-electron chi connectivity index (χ2n) is 5.03. The maximum absolute atomic E-state index is 4.47. The summed E-state index contributed by atoms with van der Waals surface area (Å²) in [5.74, 6) is 0.792. The van der Waals surface area contributed by atoms with E-state index in [9.17, 15) is 0 Å². The Labute approximate surface area is 121 Å². The molecule has 98 valence electrons. The highest BCUT2D eigenvalue weighted by atomic mass is 79.9. The molecule has 1 heterocycles. The first-order chi connectivity index (χ1) is 9.22. The molecule has 0 radical (unpaired) electrons. The monoisotopic (exact) mass is 317 g/mol. The highest BCUT2D eigenvalue weighted by Gasteiger charge is 2.19. The smallest absolute Gasteiger partial charge is 0.159 e. The standard InChI is InChI=1S/C15H16BrN3/c1-10-6-12(16)2-5-14(10)15-18-8-11(9-19-15)7-17-13-3-4-13/h2,5-6,8-9,13,17H,3-4,7H2,1H3. The Hall–Kier alpha value is -1.26. The van der Waals surface area contributed by atoms with Gasteiger partial charge in [-0.25, -0.2) is 9.97 Å². The fraction of sp³-hybridized carbons (Fsp3) is 0.333. The van der Waals surface area contributed by atoms with Gasteiger partial charge in [-0.05, 0) is 43.5 Å². The molecule has 1 aromatic heterocycles. The summed E-state index contributed by atoms with van der Waals surface area (Å²) in [4.78, 5) is 8.94. The van der Waals surface area contributed by atoms with Crippen LogP contribution in [0.5, 0.6) is 0 Å². The maximum Gasteiger partial charge on any atom is 0.159 e. The van der Waals surface area contributed by atoms with Crippen molar-refractivity contribution < 1.29 is 0 Å². The van der Waals surface area contributed by atoms with Crippen LogP contribution in [-0.2, 0) is 6.54 Å². The number of rotatable bonds is 4. The van der Waals surface area contributed by atoms with Crippen LogP contribution in [0.4, 0.5) is 0 Å². The normalized spacial score (nSPS) is 14.6. The zero-order chi connectivity index (χ0) is 13.2.